The highest BCUT2D eigenvalue weighted by molar-refractivity contribution is 4.87. The third kappa shape index (κ3) is 2.91. The van der Waals surface area contributed by atoms with Crippen LogP contribution in [0.15, 0.2) is 0 Å². The van der Waals surface area contributed by atoms with Gasteiger partial charge in [-0.25, -0.2) is 0 Å². The van der Waals surface area contributed by atoms with Crippen molar-refractivity contribution in [1.82, 2.24) is 0 Å². The first-order valence-corrected chi connectivity index (χ1v) is 5.35. The van der Waals surface area contributed by atoms with E-state index in [4.69, 9.17) is 24.4 Å². The smallest absolute Gasteiger partial charge is 0.186 e. The Labute approximate surface area is 94.7 Å². The Morgan fingerprint density at radius 3 is 2.50 bits per heavy atom. The molecule has 1 aliphatic rings. The summed E-state index contributed by atoms with van der Waals surface area (Å²) >= 11 is 0. The predicted molar refractivity (Wildman–Crippen MR) is 54.8 cm³/mol. The van der Waals surface area contributed by atoms with E-state index in [1.807, 2.05) is 0 Å². The Morgan fingerprint density at radius 1 is 1.31 bits per heavy atom. The summed E-state index contributed by atoms with van der Waals surface area (Å²) in [7, 11) is 1.44. The first-order valence-electron chi connectivity index (χ1n) is 5.35. The number of aliphatic hydroxyl groups excluding tert-OH is 3. The lowest BCUT2D eigenvalue weighted by Gasteiger charge is -2.42. The van der Waals surface area contributed by atoms with E-state index in [0.717, 1.165) is 0 Å². The second-order valence-corrected chi connectivity index (χ2v) is 3.87. The molecule has 16 heavy (non-hydrogen) atoms. The first kappa shape index (κ1) is 13.8. The molecule has 0 saturated carbocycles. The number of hydrogen-bond donors (Lipinski definition) is 3. The van der Waals surface area contributed by atoms with Crippen LogP contribution < -0.4 is 0 Å². The molecule has 0 spiro atoms. The van der Waals surface area contributed by atoms with Crippen molar-refractivity contribution in [3.63, 3.8) is 0 Å². The van der Waals surface area contributed by atoms with E-state index in [1.165, 1.54) is 7.11 Å². The summed E-state index contributed by atoms with van der Waals surface area (Å²) in [5.41, 5.74) is 0. The van der Waals surface area contributed by atoms with Crippen molar-refractivity contribution in [2.75, 3.05) is 26.9 Å². The van der Waals surface area contributed by atoms with Crippen molar-refractivity contribution in [2.45, 2.75) is 31.5 Å². The molecular formula is C10H20O6. The number of rotatable bonds is 5. The summed E-state index contributed by atoms with van der Waals surface area (Å²) in [6.45, 7) is 1.58. The Bertz CT molecular complexity index is 198. The lowest BCUT2D eigenvalue weighted by atomic mass is 9.91. The van der Waals surface area contributed by atoms with Gasteiger partial charge in [0.15, 0.2) is 6.29 Å². The van der Waals surface area contributed by atoms with E-state index >= 15 is 0 Å². The van der Waals surface area contributed by atoms with Crippen molar-refractivity contribution in [3.05, 3.63) is 0 Å². The van der Waals surface area contributed by atoms with Crippen LogP contribution in [-0.2, 0) is 14.2 Å². The maximum atomic E-state index is 9.99. The first-order chi connectivity index (χ1) is 7.65. The van der Waals surface area contributed by atoms with Gasteiger partial charge in [-0.15, -0.1) is 0 Å². The van der Waals surface area contributed by atoms with Gasteiger partial charge in [0.2, 0.25) is 0 Å². The lowest BCUT2D eigenvalue weighted by molar-refractivity contribution is -0.291. The molecule has 6 heteroatoms. The fourth-order valence-corrected chi connectivity index (χ4v) is 1.82. The zero-order valence-corrected chi connectivity index (χ0v) is 9.57. The van der Waals surface area contributed by atoms with Crippen LogP contribution in [0.3, 0.4) is 0 Å². The molecule has 1 aliphatic heterocycles. The zero-order chi connectivity index (χ0) is 12.1. The Hall–Kier alpha value is -0.240. The van der Waals surface area contributed by atoms with Gasteiger partial charge in [0.1, 0.15) is 6.10 Å². The Kier molecular flexibility index (Phi) is 5.60. The fourth-order valence-electron chi connectivity index (χ4n) is 1.82. The standard InChI is InChI=1S/C10H20O6/c1-6-7(5-12)16-10(14-2)9(8(6)13)15-4-3-11/h6-13H,3-5H2,1-2H3. The highest BCUT2D eigenvalue weighted by atomic mass is 16.7. The van der Waals surface area contributed by atoms with Crippen LogP contribution in [0.25, 0.3) is 0 Å². The van der Waals surface area contributed by atoms with Gasteiger partial charge in [0, 0.05) is 13.0 Å². The molecule has 96 valence electrons. The molecule has 0 aliphatic carbocycles. The van der Waals surface area contributed by atoms with Crippen molar-refractivity contribution in [3.8, 4) is 0 Å². The largest absolute Gasteiger partial charge is 0.394 e. The molecule has 0 radical (unpaired) electrons. The molecule has 0 bridgehead atoms. The summed E-state index contributed by atoms with van der Waals surface area (Å²) in [5, 5.41) is 27.7. The normalized spacial score (nSPS) is 39.9. The van der Waals surface area contributed by atoms with E-state index in [-0.39, 0.29) is 25.7 Å². The quantitative estimate of drug-likeness (QED) is 0.551. The van der Waals surface area contributed by atoms with Gasteiger partial charge in [0.25, 0.3) is 0 Å². The minimum absolute atomic E-state index is 0.113. The van der Waals surface area contributed by atoms with Crippen LogP contribution in [0.1, 0.15) is 6.92 Å². The van der Waals surface area contributed by atoms with Crippen LogP contribution in [0, 0.1) is 5.92 Å². The van der Waals surface area contributed by atoms with Crippen molar-refractivity contribution >= 4 is 0 Å². The van der Waals surface area contributed by atoms with Gasteiger partial charge in [0.05, 0.1) is 32.0 Å². The van der Waals surface area contributed by atoms with Gasteiger partial charge in [-0.1, -0.05) is 6.92 Å². The monoisotopic (exact) mass is 236 g/mol. The topological polar surface area (TPSA) is 88.4 Å². The van der Waals surface area contributed by atoms with Gasteiger partial charge in [-0.3, -0.25) is 0 Å². The lowest BCUT2D eigenvalue weighted by Crippen LogP contribution is -2.56. The van der Waals surface area contributed by atoms with E-state index in [0.29, 0.717) is 0 Å². The van der Waals surface area contributed by atoms with Crippen molar-refractivity contribution < 1.29 is 29.5 Å². The minimum atomic E-state index is -0.789. The molecule has 0 aromatic rings. The molecule has 3 N–H and O–H groups in total. The van der Waals surface area contributed by atoms with Crippen molar-refractivity contribution in [2.24, 2.45) is 5.92 Å². The molecule has 1 heterocycles. The molecule has 1 fully saturated rings. The molecule has 5 atom stereocenters. The number of hydrogen-bond acceptors (Lipinski definition) is 6. The second-order valence-electron chi connectivity index (χ2n) is 3.87. The molecule has 0 amide bonds. The summed E-state index contributed by atoms with van der Waals surface area (Å²) in [4.78, 5) is 0. The van der Waals surface area contributed by atoms with E-state index in [2.05, 4.69) is 0 Å². The summed E-state index contributed by atoms with van der Waals surface area (Å²) in [6, 6.07) is 0. The van der Waals surface area contributed by atoms with Gasteiger partial charge >= 0.3 is 0 Å². The van der Waals surface area contributed by atoms with Gasteiger partial charge in [-0.2, -0.15) is 0 Å². The molecule has 6 nitrogen and oxygen atoms in total. The summed E-state index contributed by atoms with van der Waals surface area (Å²) in [5.74, 6) is -0.250. The maximum Gasteiger partial charge on any atom is 0.186 e. The van der Waals surface area contributed by atoms with E-state index in [1.54, 1.807) is 6.92 Å². The third-order valence-corrected chi connectivity index (χ3v) is 2.85. The average Bonchev–Trinajstić information content (AvgIpc) is 2.31. The minimum Gasteiger partial charge on any atom is -0.394 e. The molecule has 1 saturated heterocycles. The molecule has 1 rings (SSSR count). The number of methoxy groups -OCH3 is 1. The highest BCUT2D eigenvalue weighted by Gasteiger charge is 2.43. The van der Waals surface area contributed by atoms with Gasteiger partial charge < -0.3 is 29.5 Å². The van der Waals surface area contributed by atoms with Crippen LogP contribution in [0.4, 0.5) is 0 Å². The average molecular weight is 236 g/mol. The number of aliphatic hydroxyl groups is 3. The Balaban J connectivity index is 2.65. The Morgan fingerprint density at radius 2 is 2.00 bits per heavy atom. The van der Waals surface area contributed by atoms with E-state index in [9.17, 15) is 5.11 Å². The second kappa shape index (κ2) is 6.48. The van der Waals surface area contributed by atoms with Crippen LogP contribution in [-0.4, -0.2) is 66.9 Å². The molecule has 0 aromatic heterocycles. The molecule has 5 unspecified atom stereocenters. The zero-order valence-electron chi connectivity index (χ0n) is 9.57. The molecular weight excluding hydrogens is 216 g/mol. The maximum absolute atomic E-state index is 9.99. The predicted octanol–water partition coefficient (Wildman–Crippen LogP) is -1.28. The van der Waals surface area contributed by atoms with E-state index < -0.39 is 24.6 Å². The van der Waals surface area contributed by atoms with Crippen LogP contribution in [0.2, 0.25) is 0 Å². The van der Waals surface area contributed by atoms with Crippen LogP contribution in [0.5, 0.6) is 0 Å². The summed E-state index contributed by atoms with van der Waals surface area (Å²) < 4.78 is 15.8. The van der Waals surface area contributed by atoms with Crippen molar-refractivity contribution in [1.29, 1.82) is 0 Å². The van der Waals surface area contributed by atoms with Gasteiger partial charge in [-0.05, 0) is 0 Å². The fraction of sp³-hybridized carbons (Fsp3) is 1.00. The SMILES string of the molecule is COC1OC(CO)C(C)C(O)C1OCCO. The third-order valence-electron chi connectivity index (χ3n) is 2.85. The highest BCUT2D eigenvalue weighted by Crippen LogP contribution is 2.27. The summed E-state index contributed by atoms with van der Waals surface area (Å²) in [6.07, 6.45) is -2.62. The number of ether oxygens (including phenoxy) is 3. The molecule has 0 aromatic carbocycles. The van der Waals surface area contributed by atoms with Crippen LogP contribution >= 0.6 is 0 Å².